The molecule has 0 aliphatic heterocycles. The Kier molecular flexibility index (Phi) is 3.67. The zero-order valence-electron chi connectivity index (χ0n) is 9.67. The van der Waals surface area contributed by atoms with Gasteiger partial charge in [0.1, 0.15) is 0 Å². The molecule has 1 aliphatic carbocycles. The van der Waals surface area contributed by atoms with Crippen LogP contribution in [-0.4, -0.2) is 13.1 Å². The lowest BCUT2D eigenvalue weighted by Gasteiger charge is -2.30. The van der Waals surface area contributed by atoms with E-state index in [0.717, 1.165) is 31.0 Å². The van der Waals surface area contributed by atoms with E-state index in [2.05, 4.69) is 36.5 Å². The van der Waals surface area contributed by atoms with E-state index < -0.39 is 0 Å². The Labute approximate surface area is 103 Å². The molecule has 0 amide bonds. The summed E-state index contributed by atoms with van der Waals surface area (Å²) in [4.78, 5) is 0. The van der Waals surface area contributed by atoms with Crippen LogP contribution in [0.4, 0.5) is 0 Å². The van der Waals surface area contributed by atoms with Gasteiger partial charge in [-0.15, -0.1) is 0 Å². The van der Waals surface area contributed by atoms with Gasteiger partial charge in [-0.2, -0.15) is 0 Å². The molecule has 1 N–H and O–H groups in total. The lowest BCUT2D eigenvalue weighted by atomic mass is 9.78. The van der Waals surface area contributed by atoms with Crippen molar-refractivity contribution in [2.75, 3.05) is 13.1 Å². The van der Waals surface area contributed by atoms with Crippen LogP contribution in [0.25, 0.3) is 0 Å². The molecule has 1 aromatic carbocycles. The van der Waals surface area contributed by atoms with E-state index in [0.29, 0.717) is 0 Å². The average molecular weight is 236 g/mol. The van der Waals surface area contributed by atoms with Crippen LogP contribution in [0.5, 0.6) is 0 Å². The van der Waals surface area contributed by atoms with E-state index in [9.17, 15) is 0 Å². The van der Waals surface area contributed by atoms with Gasteiger partial charge < -0.3 is 5.32 Å². The molecule has 0 heterocycles. The molecule has 1 aromatic rings. The molecule has 16 heavy (non-hydrogen) atoms. The topological polar surface area (TPSA) is 12.0 Å². The van der Waals surface area contributed by atoms with E-state index in [1.807, 2.05) is 12.1 Å². The van der Waals surface area contributed by atoms with Gasteiger partial charge in [0.15, 0.2) is 0 Å². The Balaban J connectivity index is 2.21. The summed E-state index contributed by atoms with van der Waals surface area (Å²) in [6.07, 6.45) is 6.82. The van der Waals surface area contributed by atoms with Crippen LogP contribution in [0.1, 0.15) is 25.3 Å². The van der Waals surface area contributed by atoms with Gasteiger partial charge in [-0.05, 0) is 37.1 Å². The zero-order chi connectivity index (χ0) is 11.4. The monoisotopic (exact) mass is 235 g/mol. The maximum Gasteiger partial charge on any atom is 0.0406 e. The number of hydrogen-bond acceptors (Lipinski definition) is 1. The first-order valence-corrected chi connectivity index (χ1v) is 6.26. The fraction of sp³-hybridized carbons (Fsp3) is 0.429. The van der Waals surface area contributed by atoms with Crippen molar-refractivity contribution in [3.63, 3.8) is 0 Å². The second-order valence-corrected chi connectivity index (χ2v) is 4.88. The van der Waals surface area contributed by atoms with Crippen LogP contribution in [0, 0.1) is 0 Å². The van der Waals surface area contributed by atoms with E-state index >= 15 is 0 Å². The largest absolute Gasteiger partial charge is 0.316 e. The Morgan fingerprint density at radius 1 is 1.19 bits per heavy atom. The van der Waals surface area contributed by atoms with E-state index in [-0.39, 0.29) is 5.41 Å². The summed E-state index contributed by atoms with van der Waals surface area (Å²) in [7, 11) is 0. The molecule has 2 rings (SSSR count). The summed E-state index contributed by atoms with van der Waals surface area (Å²) in [5.74, 6) is 0. The van der Waals surface area contributed by atoms with E-state index in [4.69, 9.17) is 11.6 Å². The van der Waals surface area contributed by atoms with Gasteiger partial charge >= 0.3 is 0 Å². The molecule has 0 saturated carbocycles. The number of benzene rings is 1. The zero-order valence-corrected chi connectivity index (χ0v) is 10.4. The van der Waals surface area contributed by atoms with Crippen LogP contribution in [-0.2, 0) is 5.41 Å². The second-order valence-electron chi connectivity index (χ2n) is 4.45. The van der Waals surface area contributed by atoms with E-state index in [1.165, 1.54) is 5.56 Å². The molecule has 1 aliphatic rings. The molecular weight excluding hydrogens is 218 g/mol. The van der Waals surface area contributed by atoms with Crippen LogP contribution in [0.3, 0.4) is 0 Å². The number of allylic oxidation sites excluding steroid dienone is 2. The molecule has 0 fully saturated rings. The highest BCUT2D eigenvalue weighted by atomic mass is 35.5. The van der Waals surface area contributed by atoms with Crippen molar-refractivity contribution in [1.29, 1.82) is 0 Å². The standard InChI is InChI=1S/C14H18ClN/c1-2-16-11-14(9-3-4-10-14)12-5-7-13(15)8-6-12/h3-8,16H,2,9-11H2,1H3. The van der Waals surface area contributed by atoms with Gasteiger partial charge in [-0.3, -0.25) is 0 Å². The minimum atomic E-state index is 0.251. The molecule has 0 radical (unpaired) electrons. The summed E-state index contributed by atoms with van der Waals surface area (Å²) in [6, 6.07) is 8.30. The van der Waals surface area contributed by atoms with Crippen molar-refractivity contribution in [3.8, 4) is 0 Å². The molecule has 0 aromatic heterocycles. The fourth-order valence-electron chi connectivity index (χ4n) is 2.35. The Morgan fingerprint density at radius 2 is 1.81 bits per heavy atom. The predicted molar refractivity (Wildman–Crippen MR) is 70.0 cm³/mol. The first kappa shape index (κ1) is 11.7. The molecule has 0 spiro atoms. The highest BCUT2D eigenvalue weighted by Crippen LogP contribution is 2.36. The number of likely N-dealkylation sites (N-methyl/N-ethyl adjacent to an activating group) is 1. The van der Waals surface area contributed by atoms with Crippen molar-refractivity contribution in [2.45, 2.75) is 25.2 Å². The highest BCUT2D eigenvalue weighted by Gasteiger charge is 2.32. The molecular formula is C14H18ClN. The molecule has 0 unspecified atom stereocenters. The number of nitrogens with one attached hydrogen (secondary N) is 1. The number of halogens is 1. The third-order valence-corrected chi connectivity index (χ3v) is 3.61. The normalized spacial score (nSPS) is 17.9. The maximum atomic E-state index is 5.94. The molecule has 86 valence electrons. The van der Waals surface area contributed by atoms with Gasteiger partial charge in [0.25, 0.3) is 0 Å². The van der Waals surface area contributed by atoms with E-state index in [1.54, 1.807) is 0 Å². The average Bonchev–Trinajstić information content (AvgIpc) is 2.77. The van der Waals surface area contributed by atoms with Gasteiger partial charge in [0.05, 0.1) is 0 Å². The number of hydrogen-bond donors (Lipinski definition) is 1. The second kappa shape index (κ2) is 5.03. The molecule has 1 nitrogen and oxygen atoms in total. The minimum Gasteiger partial charge on any atom is -0.316 e. The van der Waals surface area contributed by atoms with Crippen molar-refractivity contribution >= 4 is 11.6 Å². The lowest BCUT2D eigenvalue weighted by Crippen LogP contribution is -2.36. The Hall–Kier alpha value is -0.790. The Bertz CT molecular complexity index is 359. The summed E-state index contributed by atoms with van der Waals surface area (Å²) < 4.78 is 0. The predicted octanol–water partition coefficient (Wildman–Crippen LogP) is 3.54. The smallest absolute Gasteiger partial charge is 0.0406 e. The van der Waals surface area contributed by atoms with Crippen molar-refractivity contribution in [2.24, 2.45) is 0 Å². The summed E-state index contributed by atoms with van der Waals surface area (Å²) >= 11 is 5.94. The van der Waals surface area contributed by atoms with Gasteiger partial charge in [-0.25, -0.2) is 0 Å². The molecule has 2 heteroatoms. The minimum absolute atomic E-state index is 0.251. The third kappa shape index (κ3) is 2.31. The van der Waals surface area contributed by atoms with Crippen LogP contribution >= 0.6 is 11.6 Å². The lowest BCUT2D eigenvalue weighted by molar-refractivity contribution is 0.424. The van der Waals surface area contributed by atoms with Crippen LogP contribution in [0.15, 0.2) is 36.4 Å². The fourth-order valence-corrected chi connectivity index (χ4v) is 2.48. The quantitative estimate of drug-likeness (QED) is 0.788. The summed E-state index contributed by atoms with van der Waals surface area (Å²) in [5, 5.41) is 4.28. The highest BCUT2D eigenvalue weighted by molar-refractivity contribution is 6.30. The van der Waals surface area contributed by atoms with Crippen molar-refractivity contribution in [1.82, 2.24) is 5.32 Å². The summed E-state index contributed by atoms with van der Waals surface area (Å²) in [5.41, 5.74) is 1.64. The molecule has 0 saturated heterocycles. The SMILES string of the molecule is CCNCC1(c2ccc(Cl)cc2)CC=CC1. The van der Waals surface area contributed by atoms with Gasteiger partial charge in [0, 0.05) is 17.0 Å². The first-order valence-electron chi connectivity index (χ1n) is 5.89. The van der Waals surface area contributed by atoms with Gasteiger partial charge in [0.2, 0.25) is 0 Å². The third-order valence-electron chi connectivity index (χ3n) is 3.35. The maximum absolute atomic E-state index is 5.94. The van der Waals surface area contributed by atoms with Gasteiger partial charge in [-0.1, -0.05) is 42.8 Å². The molecule has 0 atom stereocenters. The van der Waals surface area contributed by atoms with Crippen LogP contribution < -0.4 is 5.32 Å². The molecule has 0 bridgehead atoms. The summed E-state index contributed by atoms with van der Waals surface area (Å²) in [6.45, 7) is 4.21. The van der Waals surface area contributed by atoms with Crippen molar-refractivity contribution in [3.05, 3.63) is 47.0 Å². The van der Waals surface area contributed by atoms with Crippen LogP contribution in [0.2, 0.25) is 5.02 Å². The first-order chi connectivity index (χ1) is 7.77. The Morgan fingerprint density at radius 3 is 2.38 bits per heavy atom. The number of rotatable bonds is 4. The van der Waals surface area contributed by atoms with Crippen molar-refractivity contribution < 1.29 is 0 Å².